The summed E-state index contributed by atoms with van der Waals surface area (Å²) in [7, 11) is 0. The zero-order valence-corrected chi connectivity index (χ0v) is 11.8. The summed E-state index contributed by atoms with van der Waals surface area (Å²) in [5.74, 6) is 1.86. The van der Waals surface area contributed by atoms with Crippen LogP contribution in [0.15, 0.2) is 0 Å². The molecule has 0 bridgehead atoms. The highest BCUT2D eigenvalue weighted by Crippen LogP contribution is 2.29. The lowest BCUT2D eigenvalue weighted by Gasteiger charge is -2.32. The minimum atomic E-state index is 0.805. The largest absolute Gasteiger partial charge is 0.314 e. The van der Waals surface area contributed by atoms with Crippen LogP contribution in [0.1, 0.15) is 52.4 Å². The first-order valence-corrected chi connectivity index (χ1v) is 7.71. The summed E-state index contributed by atoms with van der Waals surface area (Å²) >= 11 is 0. The van der Waals surface area contributed by atoms with Crippen molar-refractivity contribution in [1.29, 1.82) is 0 Å². The molecular formula is C15H30N2. The molecule has 2 heteroatoms. The highest BCUT2D eigenvalue weighted by atomic mass is 15.1. The maximum atomic E-state index is 3.77. The lowest BCUT2D eigenvalue weighted by Crippen LogP contribution is -2.37. The first-order chi connectivity index (χ1) is 8.25. The molecule has 0 aromatic rings. The summed E-state index contributed by atoms with van der Waals surface area (Å²) in [6, 6.07) is 0.805. The Kier molecular flexibility index (Phi) is 5.30. The molecule has 1 aliphatic heterocycles. The number of nitrogens with one attached hydrogen (secondary N) is 1. The molecule has 1 saturated carbocycles. The molecule has 0 amide bonds. The summed E-state index contributed by atoms with van der Waals surface area (Å²) in [5, 5.41) is 3.77. The minimum Gasteiger partial charge on any atom is -0.314 e. The van der Waals surface area contributed by atoms with Crippen molar-refractivity contribution in [1.82, 2.24) is 10.2 Å². The molecule has 1 heterocycles. The number of hydrogen-bond donors (Lipinski definition) is 1. The van der Waals surface area contributed by atoms with Crippen molar-refractivity contribution in [2.24, 2.45) is 11.8 Å². The number of rotatable bonds is 5. The summed E-state index contributed by atoms with van der Waals surface area (Å²) in [4.78, 5) is 2.62. The van der Waals surface area contributed by atoms with E-state index in [9.17, 15) is 0 Å². The fourth-order valence-electron chi connectivity index (χ4n) is 3.35. The quantitative estimate of drug-likeness (QED) is 0.741. The third kappa shape index (κ3) is 4.26. The van der Waals surface area contributed by atoms with Gasteiger partial charge in [0.15, 0.2) is 0 Å². The van der Waals surface area contributed by atoms with Crippen LogP contribution in [-0.2, 0) is 0 Å². The summed E-state index contributed by atoms with van der Waals surface area (Å²) in [6.07, 6.45) is 8.39. The van der Waals surface area contributed by atoms with E-state index in [1.807, 2.05) is 0 Å². The number of nitrogens with zero attached hydrogens (tertiary/aromatic N) is 1. The Morgan fingerprint density at radius 1 is 1.06 bits per heavy atom. The average Bonchev–Trinajstić information content (AvgIpc) is 2.82. The van der Waals surface area contributed by atoms with E-state index < -0.39 is 0 Å². The normalized spacial score (nSPS) is 35.3. The van der Waals surface area contributed by atoms with Crippen molar-refractivity contribution in [3.05, 3.63) is 0 Å². The van der Waals surface area contributed by atoms with Gasteiger partial charge in [-0.3, -0.25) is 0 Å². The van der Waals surface area contributed by atoms with Gasteiger partial charge in [0.1, 0.15) is 0 Å². The molecule has 0 aromatic heterocycles. The molecule has 2 aliphatic rings. The van der Waals surface area contributed by atoms with E-state index in [-0.39, 0.29) is 0 Å². The van der Waals surface area contributed by atoms with E-state index in [1.54, 1.807) is 0 Å². The minimum absolute atomic E-state index is 0.805. The van der Waals surface area contributed by atoms with Crippen molar-refractivity contribution in [2.45, 2.75) is 58.4 Å². The Morgan fingerprint density at radius 3 is 2.53 bits per heavy atom. The lowest BCUT2D eigenvalue weighted by atomic mass is 9.79. The molecule has 0 aromatic carbocycles. The second kappa shape index (κ2) is 6.75. The van der Waals surface area contributed by atoms with Crippen LogP contribution in [0, 0.1) is 11.8 Å². The third-order valence-corrected chi connectivity index (χ3v) is 4.88. The molecular weight excluding hydrogens is 208 g/mol. The van der Waals surface area contributed by atoms with Crippen LogP contribution in [-0.4, -0.2) is 37.1 Å². The van der Waals surface area contributed by atoms with Gasteiger partial charge in [-0.15, -0.1) is 0 Å². The van der Waals surface area contributed by atoms with Gasteiger partial charge in [-0.1, -0.05) is 13.8 Å². The summed E-state index contributed by atoms with van der Waals surface area (Å²) in [6.45, 7) is 10.1. The standard InChI is InChI=1S/C15H30N2/c1-13-6-7-15(12-14(13)2)16-8-5-11-17-9-3-4-10-17/h13-16H,3-12H2,1-2H3. The molecule has 1 N–H and O–H groups in total. The Hall–Kier alpha value is -0.0800. The smallest absolute Gasteiger partial charge is 0.00698 e. The van der Waals surface area contributed by atoms with E-state index >= 15 is 0 Å². The fourth-order valence-corrected chi connectivity index (χ4v) is 3.35. The van der Waals surface area contributed by atoms with Gasteiger partial charge in [0, 0.05) is 6.04 Å². The van der Waals surface area contributed by atoms with E-state index in [2.05, 4.69) is 24.1 Å². The lowest BCUT2D eigenvalue weighted by molar-refractivity contribution is 0.224. The Labute approximate surface area is 107 Å². The van der Waals surface area contributed by atoms with E-state index in [4.69, 9.17) is 0 Å². The number of likely N-dealkylation sites (tertiary alicyclic amines) is 1. The van der Waals surface area contributed by atoms with Crippen LogP contribution in [0.5, 0.6) is 0 Å². The Bertz CT molecular complexity index is 211. The molecule has 0 spiro atoms. The SMILES string of the molecule is CC1CCC(NCCCN2CCCC2)CC1C. The van der Waals surface area contributed by atoms with Gasteiger partial charge in [0.25, 0.3) is 0 Å². The first-order valence-electron chi connectivity index (χ1n) is 7.71. The van der Waals surface area contributed by atoms with Gasteiger partial charge in [-0.05, 0) is 76.5 Å². The predicted octanol–water partition coefficient (Wildman–Crippen LogP) is 2.89. The molecule has 1 saturated heterocycles. The number of hydrogen-bond acceptors (Lipinski definition) is 2. The van der Waals surface area contributed by atoms with Crippen LogP contribution in [0.25, 0.3) is 0 Å². The monoisotopic (exact) mass is 238 g/mol. The topological polar surface area (TPSA) is 15.3 Å². The first kappa shape index (κ1) is 13.4. The van der Waals surface area contributed by atoms with Crippen LogP contribution in [0.3, 0.4) is 0 Å². The maximum Gasteiger partial charge on any atom is 0.00698 e. The summed E-state index contributed by atoms with van der Waals surface area (Å²) < 4.78 is 0. The highest BCUT2D eigenvalue weighted by Gasteiger charge is 2.23. The van der Waals surface area contributed by atoms with Crippen LogP contribution >= 0.6 is 0 Å². The van der Waals surface area contributed by atoms with Crippen LogP contribution < -0.4 is 5.32 Å². The molecule has 3 unspecified atom stereocenters. The maximum absolute atomic E-state index is 3.77. The molecule has 2 nitrogen and oxygen atoms in total. The fraction of sp³-hybridized carbons (Fsp3) is 1.00. The molecule has 100 valence electrons. The van der Waals surface area contributed by atoms with Crippen molar-refractivity contribution in [2.75, 3.05) is 26.2 Å². The second-order valence-electron chi connectivity index (χ2n) is 6.32. The van der Waals surface area contributed by atoms with Crippen LogP contribution in [0.4, 0.5) is 0 Å². The van der Waals surface area contributed by atoms with Crippen molar-refractivity contribution >= 4 is 0 Å². The molecule has 2 rings (SSSR count). The Morgan fingerprint density at radius 2 is 1.82 bits per heavy atom. The van der Waals surface area contributed by atoms with Crippen molar-refractivity contribution in [3.63, 3.8) is 0 Å². The summed E-state index contributed by atoms with van der Waals surface area (Å²) in [5.41, 5.74) is 0. The second-order valence-corrected chi connectivity index (χ2v) is 6.32. The molecule has 1 aliphatic carbocycles. The zero-order chi connectivity index (χ0) is 12.1. The van der Waals surface area contributed by atoms with E-state index in [1.165, 1.54) is 64.7 Å². The van der Waals surface area contributed by atoms with Gasteiger partial charge in [0.2, 0.25) is 0 Å². The van der Waals surface area contributed by atoms with Gasteiger partial charge in [0.05, 0.1) is 0 Å². The van der Waals surface area contributed by atoms with Gasteiger partial charge in [-0.25, -0.2) is 0 Å². The predicted molar refractivity (Wildman–Crippen MR) is 74.3 cm³/mol. The molecule has 17 heavy (non-hydrogen) atoms. The zero-order valence-electron chi connectivity index (χ0n) is 11.8. The van der Waals surface area contributed by atoms with E-state index in [0.29, 0.717) is 0 Å². The van der Waals surface area contributed by atoms with Crippen LogP contribution in [0.2, 0.25) is 0 Å². The van der Waals surface area contributed by atoms with Crippen molar-refractivity contribution in [3.8, 4) is 0 Å². The molecule has 3 atom stereocenters. The van der Waals surface area contributed by atoms with E-state index in [0.717, 1.165) is 17.9 Å². The average molecular weight is 238 g/mol. The van der Waals surface area contributed by atoms with Gasteiger partial charge in [-0.2, -0.15) is 0 Å². The van der Waals surface area contributed by atoms with Crippen molar-refractivity contribution < 1.29 is 0 Å². The Balaban J connectivity index is 1.53. The highest BCUT2D eigenvalue weighted by molar-refractivity contribution is 4.79. The van der Waals surface area contributed by atoms with Gasteiger partial charge < -0.3 is 10.2 Å². The molecule has 2 fully saturated rings. The molecule has 0 radical (unpaired) electrons. The van der Waals surface area contributed by atoms with Gasteiger partial charge >= 0.3 is 0 Å². The third-order valence-electron chi connectivity index (χ3n) is 4.88.